The molecule has 0 N–H and O–H groups in total. The second kappa shape index (κ2) is 3.35. The first-order valence-corrected chi connectivity index (χ1v) is 5.19. The van der Waals surface area contributed by atoms with Crippen LogP contribution < -0.4 is 4.57 Å². The van der Waals surface area contributed by atoms with Crippen molar-refractivity contribution in [1.29, 1.82) is 0 Å². The molecule has 1 aromatic heterocycles. The average Bonchev–Trinajstić information content (AvgIpc) is 2.74. The second-order valence-electron chi connectivity index (χ2n) is 3.80. The SMILES string of the molecule is C1=C(c2ccccc2)Cc2cccc[n+]21. The van der Waals surface area contributed by atoms with Gasteiger partial charge in [0.25, 0.3) is 0 Å². The van der Waals surface area contributed by atoms with Gasteiger partial charge in [-0.15, -0.1) is 0 Å². The van der Waals surface area contributed by atoms with Crippen LogP contribution in [0.2, 0.25) is 0 Å². The van der Waals surface area contributed by atoms with E-state index in [1.165, 1.54) is 16.8 Å². The van der Waals surface area contributed by atoms with E-state index < -0.39 is 0 Å². The lowest BCUT2D eigenvalue weighted by atomic mass is 10.0. The van der Waals surface area contributed by atoms with Crippen molar-refractivity contribution >= 4 is 11.8 Å². The molecule has 0 saturated carbocycles. The fourth-order valence-corrected chi connectivity index (χ4v) is 2.00. The largest absolute Gasteiger partial charge is 0.191 e. The maximum atomic E-state index is 2.21. The van der Waals surface area contributed by atoms with Crippen molar-refractivity contribution in [3.05, 3.63) is 66.0 Å². The van der Waals surface area contributed by atoms with Crippen molar-refractivity contribution in [1.82, 2.24) is 0 Å². The van der Waals surface area contributed by atoms with Crippen molar-refractivity contribution in [3.63, 3.8) is 0 Å². The highest BCUT2D eigenvalue weighted by molar-refractivity contribution is 5.75. The third-order valence-corrected chi connectivity index (χ3v) is 2.79. The lowest BCUT2D eigenvalue weighted by Crippen LogP contribution is -2.26. The van der Waals surface area contributed by atoms with Gasteiger partial charge in [0, 0.05) is 17.7 Å². The number of pyridine rings is 1. The van der Waals surface area contributed by atoms with E-state index in [4.69, 9.17) is 0 Å². The predicted octanol–water partition coefficient (Wildman–Crippen LogP) is 2.53. The molecule has 0 amide bonds. The first-order valence-electron chi connectivity index (χ1n) is 5.19. The maximum Gasteiger partial charge on any atom is 0.191 e. The summed E-state index contributed by atoms with van der Waals surface area (Å²) < 4.78 is 2.20. The summed E-state index contributed by atoms with van der Waals surface area (Å²) >= 11 is 0. The number of fused-ring (bicyclic) bond motifs is 1. The van der Waals surface area contributed by atoms with E-state index in [0.717, 1.165) is 6.42 Å². The van der Waals surface area contributed by atoms with E-state index in [1.807, 2.05) is 0 Å². The monoisotopic (exact) mass is 194 g/mol. The molecule has 0 spiro atoms. The predicted molar refractivity (Wildman–Crippen MR) is 61.0 cm³/mol. The van der Waals surface area contributed by atoms with E-state index in [2.05, 4.69) is 65.5 Å². The number of allylic oxidation sites excluding steroid dienone is 1. The van der Waals surface area contributed by atoms with Crippen LogP contribution in [-0.2, 0) is 6.42 Å². The Labute approximate surface area is 89.3 Å². The van der Waals surface area contributed by atoms with Crippen molar-refractivity contribution in [2.24, 2.45) is 0 Å². The second-order valence-corrected chi connectivity index (χ2v) is 3.80. The number of aromatic nitrogens is 1. The lowest BCUT2D eigenvalue weighted by molar-refractivity contribution is -0.571. The zero-order chi connectivity index (χ0) is 10.1. The van der Waals surface area contributed by atoms with Crippen LogP contribution in [0.1, 0.15) is 11.3 Å². The summed E-state index contributed by atoms with van der Waals surface area (Å²) in [4.78, 5) is 0. The van der Waals surface area contributed by atoms with E-state index >= 15 is 0 Å². The van der Waals surface area contributed by atoms with E-state index in [-0.39, 0.29) is 0 Å². The number of hydrogen-bond acceptors (Lipinski definition) is 0. The Morgan fingerprint density at radius 1 is 0.867 bits per heavy atom. The third kappa shape index (κ3) is 1.46. The fourth-order valence-electron chi connectivity index (χ4n) is 2.00. The van der Waals surface area contributed by atoms with Crippen LogP contribution in [0.25, 0.3) is 11.8 Å². The molecule has 0 bridgehead atoms. The molecule has 0 atom stereocenters. The molecule has 0 unspecified atom stereocenters. The van der Waals surface area contributed by atoms with E-state index in [0.29, 0.717) is 0 Å². The van der Waals surface area contributed by atoms with Gasteiger partial charge in [0.05, 0.1) is 6.42 Å². The van der Waals surface area contributed by atoms with Gasteiger partial charge in [0.1, 0.15) is 0 Å². The van der Waals surface area contributed by atoms with Gasteiger partial charge in [-0.1, -0.05) is 36.4 Å². The topological polar surface area (TPSA) is 3.88 Å². The molecular weight excluding hydrogens is 182 g/mol. The van der Waals surface area contributed by atoms with Crippen LogP contribution in [0.15, 0.2) is 54.7 Å². The lowest BCUT2D eigenvalue weighted by Gasteiger charge is -1.95. The van der Waals surface area contributed by atoms with Gasteiger partial charge in [-0.3, -0.25) is 0 Å². The minimum Gasteiger partial charge on any atom is -0.170 e. The smallest absolute Gasteiger partial charge is 0.170 e. The fraction of sp³-hybridized carbons (Fsp3) is 0.0714. The van der Waals surface area contributed by atoms with Crippen molar-refractivity contribution in [3.8, 4) is 0 Å². The molecule has 15 heavy (non-hydrogen) atoms. The zero-order valence-corrected chi connectivity index (χ0v) is 8.43. The average molecular weight is 194 g/mol. The Kier molecular flexibility index (Phi) is 1.88. The molecule has 2 aromatic rings. The highest BCUT2D eigenvalue weighted by Crippen LogP contribution is 2.21. The number of rotatable bonds is 1. The molecule has 72 valence electrons. The Hall–Kier alpha value is -1.89. The summed E-state index contributed by atoms with van der Waals surface area (Å²) in [5, 5.41) is 0. The molecule has 0 fully saturated rings. The van der Waals surface area contributed by atoms with Crippen molar-refractivity contribution in [2.75, 3.05) is 0 Å². The van der Waals surface area contributed by atoms with Crippen LogP contribution in [-0.4, -0.2) is 0 Å². The molecule has 0 radical (unpaired) electrons. The summed E-state index contributed by atoms with van der Waals surface area (Å²) in [6.07, 6.45) is 5.35. The first kappa shape index (κ1) is 8.42. The normalized spacial score (nSPS) is 13.5. The summed E-state index contributed by atoms with van der Waals surface area (Å²) in [5.41, 5.74) is 4.07. The van der Waals surface area contributed by atoms with Gasteiger partial charge < -0.3 is 0 Å². The van der Waals surface area contributed by atoms with Gasteiger partial charge in [-0.05, 0) is 5.56 Å². The third-order valence-electron chi connectivity index (χ3n) is 2.79. The molecule has 1 aliphatic heterocycles. The van der Waals surface area contributed by atoms with Gasteiger partial charge in [0.2, 0.25) is 0 Å². The van der Waals surface area contributed by atoms with Gasteiger partial charge >= 0.3 is 0 Å². The Bertz CT molecular complexity index is 512. The molecule has 1 nitrogen and oxygen atoms in total. The minimum absolute atomic E-state index is 1.03. The number of benzene rings is 1. The highest BCUT2D eigenvalue weighted by Gasteiger charge is 2.20. The summed E-state index contributed by atoms with van der Waals surface area (Å²) in [5.74, 6) is 0. The molecule has 1 aliphatic rings. The quantitative estimate of drug-likeness (QED) is 0.614. The van der Waals surface area contributed by atoms with E-state index in [1.54, 1.807) is 0 Å². The maximum absolute atomic E-state index is 2.21. The Morgan fingerprint density at radius 3 is 2.47 bits per heavy atom. The zero-order valence-electron chi connectivity index (χ0n) is 8.43. The first-order chi connectivity index (χ1) is 7.43. The molecule has 0 saturated heterocycles. The standard InChI is InChI=1S/C14H12N/c1-2-6-12(7-3-1)13-10-14-8-4-5-9-15(14)11-13/h1-9,11H,10H2/q+1. The van der Waals surface area contributed by atoms with E-state index in [9.17, 15) is 0 Å². The van der Waals surface area contributed by atoms with Crippen LogP contribution >= 0.6 is 0 Å². The molecule has 1 aromatic carbocycles. The van der Waals surface area contributed by atoms with Crippen molar-refractivity contribution < 1.29 is 4.57 Å². The minimum atomic E-state index is 1.03. The van der Waals surface area contributed by atoms with Crippen molar-refractivity contribution in [2.45, 2.75) is 6.42 Å². The van der Waals surface area contributed by atoms with Gasteiger partial charge in [-0.2, -0.15) is 4.57 Å². The van der Waals surface area contributed by atoms with Gasteiger partial charge in [0.15, 0.2) is 18.1 Å². The van der Waals surface area contributed by atoms with Crippen LogP contribution in [0.5, 0.6) is 0 Å². The Morgan fingerprint density at radius 2 is 1.67 bits per heavy atom. The molecule has 3 rings (SSSR count). The molecular formula is C14H12N+. The molecule has 0 aliphatic carbocycles. The van der Waals surface area contributed by atoms with Crippen LogP contribution in [0, 0.1) is 0 Å². The summed E-state index contributed by atoms with van der Waals surface area (Å²) in [6, 6.07) is 16.9. The summed E-state index contributed by atoms with van der Waals surface area (Å²) in [7, 11) is 0. The van der Waals surface area contributed by atoms with Crippen LogP contribution in [0.4, 0.5) is 0 Å². The molecule has 2 heterocycles. The van der Waals surface area contributed by atoms with Gasteiger partial charge in [-0.25, -0.2) is 0 Å². The number of nitrogens with zero attached hydrogens (tertiary/aromatic N) is 1. The molecule has 1 heteroatoms. The summed E-state index contributed by atoms with van der Waals surface area (Å²) in [6.45, 7) is 0. The number of hydrogen-bond donors (Lipinski definition) is 0. The Balaban J connectivity index is 2.02. The van der Waals surface area contributed by atoms with Crippen LogP contribution in [0.3, 0.4) is 0 Å². The highest BCUT2D eigenvalue weighted by atomic mass is 15.0.